The highest BCUT2D eigenvalue weighted by atomic mass is 16.5. The first kappa shape index (κ1) is 20.6. The fourth-order valence-electron chi connectivity index (χ4n) is 5.96. The Morgan fingerprint density at radius 2 is 1.89 bits per heavy atom. The normalized spacial score (nSPS) is 22.0. The van der Waals surface area contributed by atoms with E-state index < -0.39 is 0 Å². The molecule has 3 N–H and O–H groups in total. The van der Waals surface area contributed by atoms with E-state index in [-0.39, 0.29) is 18.2 Å². The number of carbonyl (C=O) groups is 1. The molecule has 3 aromatic carbocycles. The Morgan fingerprint density at radius 1 is 1.06 bits per heavy atom. The van der Waals surface area contributed by atoms with Crippen LogP contribution in [0, 0.1) is 5.41 Å². The monoisotopic (exact) mass is 464 g/mol. The van der Waals surface area contributed by atoms with Crippen molar-refractivity contribution in [3.05, 3.63) is 78.4 Å². The molecule has 2 unspecified atom stereocenters. The molecule has 3 aliphatic rings. The number of aromatic nitrogens is 1. The lowest BCUT2D eigenvalue weighted by Crippen LogP contribution is -2.37. The molecule has 176 valence electrons. The van der Waals surface area contributed by atoms with Crippen molar-refractivity contribution < 1.29 is 9.53 Å². The third kappa shape index (κ3) is 3.32. The lowest BCUT2D eigenvalue weighted by molar-refractivity contribution is -0.120. The number of nitrogens with one attached hydrogen (secondary N) is 1. The minimum atomic E-state index is -0.305. The number of ether oxygens (including phenoxy) is 1. The predicted octanol–water partition coefficient (Wildman–Crippen LogP) is 5.25. The molecule has 3 heterocycles. The fourth-order valence-corrected chi connectivity index (χ4v) is 5.96. The second-order valence-electron chi connectivity index (χ2n) is 10.4. The molecule has 1 saturated heterocycles. The summed E-state index contributed by atoms with van der Waals surface area (Å²) in [4.78, 5) is 15.3. The lowest BCUT2D eigenvalue weighted by atomic mass is 10.0. The first-order valence-corrected chi connectivity index (χ1v) is 12.3. The number of benzene rings is 3. The molecule has 0 radical (unpaired) electrons. The Bertz CT molecular complexity index is 1470. The van der Waals surface area contributed by atoms with E-state index in [0.717, 1.165) is 52.1 Å². The van der Waals surface area contributed by atoms with Gasteiger partial charge in [0.25, 0.3) is 0 Å². The zero-order valence-corrected chi connectivity index (χ0v) is 19.7. The smallest absolute Gasteiger partial charge is 0.241 e. The minimum Gasteiger partial charge on any atom is -0.465 e. The summed E-state index contributed by atoms with van der Waals surface area (Å²) in [5.74, 6) is 0.867. The molecule has 2 atom stereocenters. The highest BCUT2D eigenvalue weighted by Gasteiger charge is 2.52. The van der Waals surface area contributed by atoms with E-state index in [1.807, 2.05) is 42.5 Å². The van der Waals surface area contributed by atoms with Gasteiger partial charge in [-0.1, -0.05) is 30.3 Å². The Balaban J connectivity index is 1.28. The van der Waals surface area contributed by atoms with Crippen molar-refractivity contribution in [3.63, 3.8) is 0 Å². The molecule has 4 aromatic rings. The van der Waals surface area contributed by atoms with Crippen molar-refractivity contribution >= 4 is 28.2 Å². The molecule has 2 aliphatic heterocycles. The van der Waals surface area contributed by atoms with Crippen molar-refractivity contribution in [2.45, 2.75) is 31.5 Å². The molecule has 1 aliphatic carbocycles. The first-order chi connectivity index (χ1) is 17.0. The van der Waals surface area contributed by atoms with Gasteiger partial charge in [-0.3, -0.25) is 9.69 Å². The first-order valence-electron chi connectivity index (χ1n) is 12.3. The maximum absolute atomic E-state index is 13.1. The van der Waals surface area contributed by atoms with E-state index in [0.29, 0.717) is 11.1 Å². The largest absolute Gasteiger partial charge is 0.465 e. The van der Waals surface area contributed by atoms with Crippen molar-refractivity contribution in [3.8, 4) is 17.0 Å². The van der Waals surface area contributed by atoms with Gasteiger partial charge >= 0.3 is 0 Å². The van der Waals surface area contributed by atoms with E-state index in [1.165, 1.54) is 12.8 Å². The molecule has 1 saturated carbocycles. The van der Waals surface area contributed by atoms with Gasteiger partial charge in [0.15, 0.2) is 0 Å². The predicted molar refractivity (Wildman–Crippen MR) is 138 cm³/mol. The van der Waals surface area contributed by atoms with E-state index in [1.54, 1.807) is 0 Å². The third-order valence-electron chi connectivity index (χ3n) is 7.95. The number of likely N-dealkylation sites (tertiary alicyclic amines) is 1. The number of nitrogens with zero attached hydrogens (tertiary/aromatic N) is 2. The zero-order valence-electron chi connectivity index (χ0n) is 19.7. The highest BCUT2D eigenvalue weighted by Crippen LogP contribution is 2.54. The number of nitrogens with two attached hydrogens (primary N) is 1. The van der Waals surface area contributed by atoms with Crippen LogP contribution in [-0.4, -0.2) is 35.0 Å². The highest BCUT2D eigenvalue weighted by molar-refractivity contribution is 5.98. The number of carbonyl (C=O) groups excluding carboxylic acids is 1. The Labute approximate surface area is 204 Å². The van der Waals surface area contributed by atoms with E-state index in [4.69, 9.17) is 10.5 Å². The average Bonchev–Trinajstić information content (AvgIpc) is 3.37. The van der Waals surface area contributed by atoms with Gasteiger partial charge in [0, 0.05) is 40.5 Å². The minimum absolute atomic E-state index is 0.0522. The molecule has 7 rings (SSSR count). The number of rotatable bonds is 3. The molecule has 35 heavy (non-hydrogen) atoms. The van der Waals surface area contributed by atoms with Crippen LogP contribution >= 0.6 is 0 Å². The number of amides is 1. The van der Waals surface area contributed by atoms with E-state index >= 15 is 0 Å². The van der Waals surface area contributed by atoms with Gasteiger partial charge in [0.2, 0.25) is 12.1 Å². The molecule has 1 spiro atoms. The van der Waals surface area contributed by atoms with Gasteiger partial charge in [-0.15, -0.1) is 0 Å². The molecule has 6 nitrogen and oxygen atoms in total. The number of fused-ring (bicyclic) bond motifs is 5. The number of hydrogen-bond donors (Lipinski definition) is 2. The van der Waals surface area contributed by atoms with Crippen LogP contribution in [0.25, 0.3) is 22.2 Å². The van der Waals surface area contributed by atoms with Gasteiger partial charge in [-0.05, 0) is 68.1 Å². The van der Waals surface area contributed by atoms with Crippen molar-refractivity contribution in [2.75, 3.05) is 24.6 Å². The van der Waals surface area contributed by atoms with Crippen LogP contribution in [0.5, 0.6) is 5.75 Å². The zero-order chi connectivity index (χ0) is 23.7. The lowest BCUT2D eigenvalue weighted by Gasteiger charge is -2.30. The van der Waals surface area contributed by atoms with E-state index in [2.05, 4.69) is 52.2 Å². The number of hydrogen-bond acceptors (Lipinski definition) is 4. The number of nitrogen functional groups attached to an aromatic ring is 1. The van der Waals surface area contributed by atoms with Gasteiger partial charge in [0.05, 0.1) is 17.3 Å². The van der Waals surface area contributed by atoms with Crippen LogP contribution in [0.3, 0.4) is 0 Å². The second kappa shape index (κ2) is 7.36. The summed E-state index contributed by atoms with van der Waals surface area (Å²) in [5, 5.41) is 4.24. The molecular weight excluding hydrogens is 436 g/mol. The summed E-state index contributed by atoms with van der Waals surface area (Å²) in [5.41, 5.74) is 12.2. The van der Waals surface area contributed by atoms with E-state index in [9.17, 15) is 4.79 Å². The summed E-state index contributed by atoms with van der Waals surface area (Å²) in [7, 11) is 2.07. The standard InChI is InChI=1S/C29H28N4O2/c1-32-17-29(11-12-29)16-25(32)27(34)31-21-8-10-23-19(13-21)14-24-22-9-7-20(30)15-26(22)35-28(33(23)24)18-5-3-2-4-6-18/h2-10,13-15,25,28H,11-12,16-17,30H2,1H3,(H,31,34). The Kier molecular flexibility index (Phi) is 4.33. The summed E-state index contributed by atoms with van der Waals surface area (Å²) < 4.78 is 8.73. The molecule has 2 fully saturated rings. The van der Waals surface area contributed by atoms with Crippen LogP contribution in [0.2, 0.25) is 0 Å². The number of anilines is 2. The fraction of sp³-hybridized carbons (Fsp3) is 0.276. The van der Waals surface area contributed by atoms with Crippen LogP contribution < -0.4 is 15.8 Å². The summed E-state index contributed by atoms with van der Waals surface area (Å²) >= 11 is 0. The van der Waals surface area contributed by atoms with Crippen molar-refractivity contribution in [2.24, 2.45) is 5.41 Å². The van der Waals surface area contributed by atoms with Gasteiger partial charge in [0.1, 0.15) is 5.75 Å². The van der Waals surface area contributed by atoms with Crippen LogP contribution in [0.1, 0.15) is 31.1 Å². The Hall–Kier alpha value is -3.77. The Morgan fingerprint density at radius 3 is 2.66 bits per heavy atom. The number of likely N-dealkylation sites (N-methyl/N-ethyl adjacent to an activating group) is 1. The van der Waals surface area contributed by atoms with Crippen LogP contribution in [-0.2, 0) is 4.79 Å². The quantitative estimate of drug-likeness (QED) is 0.406. The maximum Gasteiger partial charge on any atom is 0.241 e. The summed E-state index contributed by atoms with van der Waals surface area (Å²) in [6.45, 7) is 1.03. The molecule has 1 aromatic heterocycles. The molecule has 6 heteroatoms. The third-order valence-corrected chi connectivity index (χ3v) is 7.95. The SMILES string of the molecule is CN1CC2(CC2)CC1C(=O)Nc1ccc2c(c1)cc1n2C(c2ccccc2)Oc2cc(N)ccc2-1. The summed E-state index contributed by atoms with van der Waals surface area (Å²) in [6, 6.07) is 24.3. The van der Waals surface area contributed by atoms with Gasteiger partial charge in [-0.25, -0.2) is 0 Å². The maximum atomic E-state index is 13.1. The van der Waals surface area contributed by atoms with Gasteiger partial charge in [-0.2, -0.15) is 0 Å². The molecule has 0 bridgehead atoms. The van der Waals surface area contributed by atoms with Gasteiger partial charge < -0.3 is 20.4 Å². The second-order valence-corrected chi connectivity index (χ2v) is 10.4. The molecular formula is C29H28N4O2. The summed E-state index contributed by atoms with van der Waals surface area (Å²) in [6.07, 6.45) is 3.16. The van der Waals surface area contributed by atoms with Crippen molar-refractivity contribution in [1.82, 2.24) is 9.47 Å². The van der Waals surface area contributed by atoms with Crippen molar-refractivity contribution in [1.29, 1.82) is 0 Å². The van der Waals surface area contributed by atoms with Crippen LogP contribution in [0.15, 0.2) is 72.8 Å². The average molecular weight is 465 g/mol. The topological polar surface area (TPSA) is 72.5 Å². The van der Waals surface area contributed by atoms with Crippen LogP contribution in [0.4, 0.5) is 11.4 Å². The molecule has 1 amide bonds.